The number of fused-ring (bicyclic) bond motifs is 1. The molecule has 1 aliphatic heterocycles. The third kappa shape index (κ3) is 5.61. The molecule has 1 aromatic heterocycles. The van der Waals surface area contributed by atoms with Crippen LogP contribution in [0.15, 0.2) is 60.2 Å². The first kappa shape index (κ1) is 29.3. The molecule has 0 spiro atoms. The van der Waals surface area contributed by atoms with Crippen molar-refractivity contribution in [3.8, 4) is 11.5 Å². The normalized spacial score (nSPS) is 16.4. The number of benzene rings is 3. The molecule has 1 atom stereocenters. The Balaban J connectivity index is 1.68. The van der Waals surface area contributed by atoms with E-state index in [2.05, 4.69) is 6.92 Å². The van der Waals surface area contributed by atoms with Crippen LogP contribution in [0, 0.1) is 19.7 Å². The van der Waals surface area contributed by atoms with Crippen molar-refractivity contribution >= 4 is 44.1 Å². The van der Waals surface area contributed by atoms with E-state index in [4.69, 9.17) is 14.5 Å². The van der Waals surface area contributed by atoms with E-state index in [1.165, 1.54) is 40.5 Å². The maximum absolute atomic E-state index is 13.7. The van der Waals surface area contributed by atoms with Crippen LogP contribution in [0.25, 0.3) is 16.0 Å². The summed E-state index contributed by atoms with van der Waals surface area (Å²) in [7, 11) is 0. The van der Waals surface area contributed by atoms with Crippen molar-refractivity contribution in [3.05, 3.63) is 88.2 Å². The predicted octanol–water partition coefficient (Wildman–Crippen LogP) is 7.65. The molecule has 1 unspecified atom stereocenters. The van der Waals surface area contributed by atoms with Crippen molar-refractivity contribution in [1.82, 2.24) is 4.98 Å². The molecule has 1 fully saturated rings. The molecule has 1 amide bonds. The van der Waals surface area contributed by atoms with Gasteiger partial charge < -0.3 is 14.6 Å². The number of carbonyl (C=O) groups is 2. The number of ether oxygens (including phenoxy) is 2. The Morgan fingerprint density at radius 3 is 2.48 bits per heavy atom. The maximum Gasteiger partial charge on any atom is 0.301 e. The quantitative estimate of drug-likeness (QED) is 0.0886. The van der Waals surface area contributed by atoms with Gasteiger partial charge in [-0.3, -0.25) is 14.5 Å². The zero-order valence-corrected chi connectivity index (χ0v) is 24.9. The van der Waals surface area contributed by atoms with Crippen LogP contribution in [0.2, 0.25) is 0 Å². The highest BCUT2D eigenvalue weighted by Crippen LogP contribution is 2.46. The molecule has 1 saturated heterocycles. The lowest BCUT2D eigenvalue weighted by molar-refractivity contribution is -0.132. The second-order valence-electron chi connectivity index (χ2n) is 10.3. The highest BCUT2D eigenvalue weighted by atomic mass is 32.1. The highest BCUT2D eigenvalue weighted by Gasteiger charge is 2.48. The van der Waals surface area contributed by atoms with Gasteiger partial charge in [0.15, 0.2) is 16.6 Å². The molecule has 4 aromatic rings. The maximum atomic E-state index is 13.7. The van der Waals surface area contributed by atoms with Crippen LogP contribution >= 0.6 is 11.3 Å². The van der Waals surface area contributed by atoms with Crippen molar-refractivity contribution < 1.29 is 28.6 Å². The van der Waals surface area contributed by atoms with Crippen molar-refractivity contribution in [2.45, 2.75) is 53.0 Å². The molecule has 0 bridgehead atoms. The second kappa shape index (κ2) is 12.3. The number of unbranched alkanes of at least 4 members (excludes halogenated alkanes) is 2. The monoisotopic (exact) mass is 588 g/mol. The van der Waals surface area contributed by atoms with E-state index >= 15 is 0 Å². The smallest absolute Gasteiger partial charge is 0.301 e. The van der Waals surface area contributed by atoms with Gasteiger partial charge in [0.1, 0.15) is 11.6 Å². The fourth-order valence-corrected chi connectivity index (χ4v) is 6.36. The molecular formula is C33H33FN2O5S. The van der Waals surface area contributed by atoms with Gasteiger partial charge in [0.25, 0.3) is 5.78 Å². The molecule has 1 N–H and O–H groups in total. The summed E-state index contributed by atoms with van der Waals surface area (Å²) in [5.41, 5.74) is 3.39. The minimum absolute atomic E-state index is 0.113. The van der Waals surface area contributed by atoms with Gasteiger partial charge in [0, 0.05) is 5.56 Å². The van der Waals surface area contributed by atoms with Crippen molar-refractivity contribution in [3.63, 3.8) is 0 Å². The Morgan fingerprint density at radius 2 is 1.76 bits per heavy atom. The highest BCUT2D eigenvalue weighted by molar-refractivity contribution is 7.22. The van der Waals surface area contributed by atoms with Crippen LogP contribution in [0.1, 0.15) is 61.4 Å². The SMILES string of the molecule is CCCCCOc1ccc(C2/C(=C(\O)c3ccc(F)cc3)C(=O)C(=O)N2c2nc3c(C)cc(C)cc3s2)cc1OCC. The third-order valence-electron chi connectivity index (χ3n) is 7.18. The average Bonchev–Trinajstić information content (AvgIpc) is 3.50. The van der Waals surface area contributed by atoms with Gasteiger partial charge in [0.2, 0.25) is 0 Å². The number of ketones is 1. The topological polar surface area (TPSA) is 89.0 Å². The summed E-state index contributed by atoms with van der Waals surface area (Å²) in [5, 5.41) is 11.7. The average molecular weight is 589 g/mol. The summed E-state index contributed by atoms with van der Waals surface area (Å²) in [5.74, 6) is -1.53. The summed E-state index contributed by atoms with van der Waals surface area (Å²) in [6, 6.07) is 13.4. The molecule has 7 nitrogen and oxygen atoms in total. The number of thiazole rings is 1. The Bertz CT molecular complexity index is 1680. The number of hydrogen-bond donors (Lipinski definition) is 1. The van der Waals surface area contributed by atoms with Crippen LogP contribution < -0.4 is 14.4 Å². The molecule has 1 aliphatic rings. The molecule has 0 radical (unpaired) electrons. The largest absolute Gasteiger partial charge is 0.507 e. The molecule has 2 heterocycles. The molecule has 218 valence electrons. The van der Waals surface area contributed by atoms with E-state index in [0.29, 0.717) is 35.4 Å². The van der Waals surface area contributed by atoms with E-state index in [1.54, 1.807) is 18.2 Å². The number of aromatic nitrogens is 1. The first-order valence-corrected chi connectivity index (χ1v) is 14.9. The molecule has 0 aliphatic carbocycles. The summed E-state index contributed by atoms with van der Waals surface area (Å²) in [6.45, 7) is 8.83. The zero-order chi connectivity index (χ0) is 30.0. The number of carbonyl (C=O) groups excluding carboxylic acids is 2. The number of halogens is 1. The lowest BCUT2D eigenvalue weighted by Gasteiger charge is -2.24. The molecule has 42 heavy (non-hydrogen) atoms. The Labute approximate surface area is 248 Å². The van der Waals surface area contributed by atoms with Crippen LogP contribution in [-0.4, -0.2) is 35.0 Å². The minimum Gasteiger partial charge on any atom is -0.507 e. The van der Waals surface area contributed by atoms with Crippen LogP contribution in [0.3, 0.4) is 0 Å². The van der Waals surface area contributed by atoms with Gasteiger partial charge in [-0.1, -0.05) is 43.2 Å². The Hall–Kier alpha value is -4.24. The second-order valence-corrected chi connectivity index (χ2v) is 11.3. The zero-order valence-electron chi connectivity index (χ0n) is 24.1. The van der Waals surface area contributed by atoms with Gasteiger partial charge in [0.05, 0.1) is 35.0 Å². The van der Waals surface area contributed by atoms with Gasteiger partial charge >= 0.3 is 5.91 Å². The van der Waals surface area contributed by atoms with Crippen molar-refractivity contribution in [2.75, 3.05) is 18.1 Å². The van der Waals surface area contributed by atoms with Crippen molar-refractivity contribution in [1.29, 1.82) is 0 Å². The van der Waals surface area contributed by atoms with E-state index < -0.39 is 29.3 Å². The number of aliphatic hydroxyl groups is 1. The Kier molecular flexibility index (Phi) is 8.59. The van der Waals surface area contributed by atoms with Gasteiger partial charge in [-0.2, -0.15) is 0 Å². The third-order valence-corrected chi connectivity index (χ3v) is 8.18. The summed E-state index contributed by atoms with van der Waals surface area (Å²) >= 11 is 1.30. The molecule has 5 rings (SSSR count). The number of Topliss-reactive ketones (excluding diaryl/α,β-unsaturated/α-hetero) is 1. The fourth-order valence-electron chi connectivity index (χ4n) is 5.19. The number of rotatable bonds is 10. The number of anilines is 1. The lowest BCUT2D eigenvalue weighted by atomic mass is 9.95. The summed E-state index contributed by atoms with van der Waals surface area (Å²) in [6.07, 6.45) is 3.01. The predicted molar refractivity (Wildman–Crippen MR) is 163 cm³/mol. The first-order chi connectivity index (χ1) is 20.2. The standard InChI is InChI=1S/C33H33FN2O5S/c1-5-7-8-15-41-24-14-11-22(18-25(24)40-6-2)29-27(30(37)21-9-12-23(34)13-10-21)31(38)32(39)36(29)33-35-28-20(4)16-19(3)17-26(28)42-33/h9-14,16-18,29,37H,5-8,15H2,1-4H3/b30-27+. The molecule has 9 heteroatoms. The number of aryl methyl sites for hydroxylation is 2. The van der Waals surface area contributed by atoms with Crippen LogP contribution in [0.5, 0.6) is 11.5 Å². The molecule has 3 aromatic carbocycles. The first-order valence-electron chi connectivity index (χ1n) is 14.1. The Morgan fingerprint density at radius 1 is 1.00 bits per heavy atom. The molecule has 0 saturated carbocycles. The minimum atomic E-state index is -1.01. The number of hydrogen-bond acceptors (Lipinski definition) is 7. The number of nitrogens with zero attached hydrogens (tertiary/aromatic N) is 2. The van der Waals surface area contributed by atoms with Gasteiger partial charge in [-0.05, 0) is 86.3 Å². The summed E-state index contributed by atoms with van der Waals surface area (Å²) in [4.78, 5) is 33.4. The fraction of sp³-hybridized carbons (Fsp3) is 0.303. The van der Waals surface area contributed by atoms with E-state index in [0.717, 1.165) is 40.6 Å². The van der Waals surface area contributed by atoms with E-state index in [1.807, 2.05) is 32.9 Å². The number of amides is 1. The van der Waals surface area contributed by atoms with Crippen molar-refractivity contribution in [2.24, 2.45) is 0 Å². The number of aliphatic hydroxyl groups excluding tert-OH is 1. The molecular weight excluding hydrogens is 555 g/mol. The summed E-state index contributed by atoms with van der Waals surface area (Å²) < 4.78 is 26.5. The van der Waals surface area contributed by atoms with Gasteiger partial charge in [-0.15, -0.1) is 0 Å². The van der Waals surface area contributed by atoms with Gasteiger partial charge in [-0.25, -0.2) is 9.37 Å². The van der Waals surface area contributed by atoms with Crippen LogP contribution in [0.4, 0.5) is 9.52 Å². The van der Waals surface area contributed by atoms with Crippen LogP contribution in [-0.2, 0) is 9.59 Å². The van der Waals surface area contributed by atoms with E-state index in [9.17, 15) is 19.1 Å². The van der Waals surface area contributed by atoms with E-state index in [-0.39, 0.29) is 11.1 Å². The lowest BCUT2D eigenvalue weighted by Crippen LogP contribution is -2.29.